The van der Waals surface area contributed by atoms with Gasteiger partial charge in [0, 0.05) is 18.8 Å². The highest BCUT2D eigenvalue weighted by Gasteiger charge is 2.01. The Morgan fingerprint density at radius 2 is 2.50 bits per heavy atom. The maximum atomic E-state index is 6.99. The Bertz CT molecular complexity index is 59.9. The molecule has 0 saturated carbocycles. The summed E-state index contributed by atoms with van der Waals surface area (Å²) < 4.78 is 0. The van der Waals surface area contributed by atoms with Crippen LogP contribution in [0.15, 0.2) is 0 Å². The second kappa shape index (κ2) is 1.39. The Morgan fingerprint density at radius 1 is 1.67 bits per heavy atom. The second-order valence-electron chi connectivity index (χ2n) is 1.53. The van der Waals surface area contributed by atoms with Crippen LogP contribution in [-0.2, 0) is 0 Å². The van der Waals surface area contributed by atoms with Gasteiger partial charge in [0.25, 0.3) is 0 Å². The van der Waals surface area contributed by atoms with Gasteiger partial charge in [0.1, 0.15) is 0 Å². The molecule has 1 rings (SSSR count). The first-order valence-corrected chi connectivity index (χ1v) is 2.16. The van der Waals surface area contributed by atoms with E-state index < -0.39 is 0 Å². The van der Waals surface area contributed by atoms with Crippen molar-refractivity contribution in [3.8, 4) is 0 Å². The van der Waals surface area contributed by atoms with Crippen molar-refractivity contribution in [2.45, 2.75) is 6.42 Å². The first-order valence-electron chi connectivity index (χ1n) is 2.16. The monoisotopic (exact) mass is 84.1 g/mol. The molecule has 34 valence electrons. The van der Waals surface area contributed by atoms with Crippen LogP contribution in [-0.4, -0.2) is 18.8 Å². The van der Waals surface area contributed by atoms with Crippen molar-refractivity contribution in [1.29, 1.82) is 5.41 Å². The van der Waals surface area contributed by atoms with E-state index in [0.29, 0.717) is 0 Å². The summed E-state index contributed by atoms with van der Waals surface area (Å²) in [7, 11) is 0. The van der Waals surface area contributed by atoms with Crippen LogP contribution < -0.4 is 5.32 Å². The molecule has 2 heteroatoms. The van der Waals surface area contributed by atoms with E-state index in [9.17, 15) is 0 Å². The predicted molar refractivity (Wildman–Crippen MR) is 25.2 cm³/mol. The number of hydrogen-bond acceptors (Lipinski definition) is 2. The Morgan fingerprint density at radius 3 is 2.67 bits per heavy atom. The lowest BCUT2D eigenvalue weighted by molar-refractivity contribution is 0.863. The molecule has 2 N–H and O–H groups in total. The zero-order chi connectivity index (χ0) is 4.41. The van der Waals surface area contributed by atoms with Crippen LogP contribution in [0.3, 0.4) is 0 Å². The van der Waals surface area contributed by atoms with E-state index >= 15 is 0 Å². The van der Waals surface area contributed by atoms with Crippen molar-refractivity contribution in [1.82, 2.24) is 5.32 Å². The average Bonchev–Trinajstić information content (AvgIpc) is 1.86. The molecule has 0 radical (unpaired) electrons. The van der Waals surface area contributed by atoms with Gasteiger partial charge in [-0.1, -0.05) is 0 Å². The molecular weight excluding hydrogens is 76.1 g/mol. The highest BCUT2D eigenvalue weighted by molar-refractivity contribution is 5.85. The van der Waals surface area contributed by atoms with E-state index in [1.807, 2.05) is 0 Å². The normalized spacial score (nSPS) is 22.3. The topological polar surface area (TPSA) is 35.9 Å². The Balaban J connectivity index is 2.37. The number of hydrogen-bond donors (Lipinski definition) is 2. The van der Waals surface area contributed by atoms with Gasteiger partial charge in [0.2, 0.25) is 0 Å². The lowest BCUT2D eigenvalue weighted by atomic mass is 10.3. The van der Waals surface area contributed by atoms with Crippen molar-refractivity contribution in [2.24, 2.45) is 0 Å². The molecule has 2 nitrogen and oxygen atoms in total. The van der Waals surface area contributed by atoms with Crippen LogP contribution >= 0.6 is 0 Å². The zero-order valence-electron chi connectivity index (χ0n) is 3.62. The van der Waals surface area contributed by atoms with E-state index in [-0.39, 0.29) is 0 Å². The molecule has 0 spiro atoms. The maximum absolute atomic E-state index is 6.99. The molecule has 0 aliphatic carbocycles. The summed E-state index contributed by atoms with van der Waals surface area (Å²) >= 11 is 0. The van der Waals surface area contributed by atoms with Gasteiger partial charge in [-0.05, 0) is 6.42 Å². The minimum atomic E-state index is 0.819. The molecule has 1 aliphatic rings. The third-order valence-electron chi connectivity index (χ3n) is 0.942. The quantitative estimate of drug-likeness (QED) is 0.426. The van der Waals surface area contributed by atoms with Gasteiger partial charge < -0.3 is 10.7 Å². The van der Waals surface area contributed by atoms with Crippen LogP contribution in [0.5, 0.6) is 0 Å². The molecule has 6 heavy (non-hydrogen) atoms. The molecular formula is C4H8N2. The molecule has 0 aromatic carbocycles. The fraction of sp³-hybridized carbons (Fsp3) is 0.750. The standard InChI is InChI=1S/C4H8N2/c5-4-1-2-6-3-4/h5-6H,1-3H2. The molecule has 1 fully saturated rings. The van der Waals surface area contributed by atoms with Gasteiger partial charge in [-0.3, -0.25) is 0 Å². The van der Waals surface area contributed by atoms with Crippen LogP contribution in [0.4, 0.5) is 0 Å². The Kier molecular flexibility index (Phi) is 0.881. The molecule has 0 aromatic heterocycles. The van der Waals surface area contributed by atoms with Crippen molar-refractivity contribution < 1.29 is 0 Å². The Hall–Kier alpha value is -0.370. The van der Waals surface area contributed by atoms with E-state index in [2.05, 4.69) is 5.32 Å². The maximum Gasteiger partial charge on any atom is 0.0333 e. The van der Waals surface area contributed by atoms with Gasteiger partial charge in [-0.2, -0.15) is 0 Å². The summed E-state index contributed by atoms with van der Waals surface area (Å²) in [6, 6.07) is 0. The lowest BCUT2D eigenvalue weighted by Gasteiger charge is -1.78. The summed E-state index contributed by atoms with van der Waals surface area (Å²) in [5.41, 5.74) is 0.843. The summed E-state index contributed by atoms with van der Waals surface area (Å²) in [5, 5.41) is 10.0. The molecule has 1 heterocycles. The zero-order valence-corrected chi connectivity index (χ0v) is 3.62. The molecule has 0 unspecified atom stereocenters. The average molecular weight is 84.1 g/mol. The largest absolute Gasteiger partial charge is 0.311 e. The summed E-state index contributed by atoms with van der Waals surface area (Å²) in [4.78, 5) is 0. The van der Waals surface area contributed by atoms with E-state index in [1.54, 1.807) is 0 Å². The molecule has 0 amide bonds. The summed E-state index contributed by atoms with van der Waals surface area (Å²) in [5.74, 6) is 0. The second-order valence-corrected chi connectivity index (χ2v) is 1.53. The van der Waals surface area contributed by atoms with E-state index in [1.165, 1.54) is 0 Å². The minimum absolute atomic E-state index is 0.819. The molecule has 0 aromatic rings. The third-order valence-corrected chi connectivity index (χ3v) is 0.942. The molecule has 1 aliphatic heterocycles. The minimum Gasteiger partial charge on any atom is -0.311 e. The van der Waals surface area contributed by atoms with E-state index in [0.717, 1.165) is 25.2 Å². The fourth-order valence-corrected chi connectivity index (χ4v) is 0.567. The first-order chi connectivity index (χ1) is 2.89. The van der Waals surface area contributed by atoms with Crippen molar-refractivity contribution in [3.63, 3.8) is 0 Å². The van der Waals surface area contributed by atoms with Crippen LogP contribution in [0.2, 0.25) is 0 Å². The lowest BCUT2D eigenvalue weighted by Crippen LogP contribution is -2.07. The van der Waals surface area contributed by atoms with Crippen LogP contribution in [0, 0.1) is 5.41 Å². The first kappa shape index (κ1) is 3.81. The van der Waals surface area contributed by atoms with Gasteiger partial charge in [-0.15, -0.1) is 0 Å². The smallest absolute Gasteiger partial charge is 0.0333 e. The van der Waals surface area contributed by atoms with Crippen molar-refractivity contribution in [3.05, 3.63) is 0 Å². The van der Waals surface area contributed by atoms with Gasteiger partial charge >= 0.3 is 0 Å². The molecule has 0 bridgehead atoms. The van der Waals surface area contributed by atoms with Gasteiger partial charge in [0.15, 0.2) is 0 Å². The highest BCUT2D eigenvalue weighted by Crippen LogP contribution is 1.86. The summed E-state index contributed by atoms with van der Waals surface area (Å²) in [6.45, 7) is 1.83. The number of nitrogens with one attached hydrogen (secondary N) is 2. The van der Waals surface area contributed by atoms with Crippen molar-refractivity contribution in [2.75, 3.05) is 13.1 Å². The van der Waals surface area contributed by atoms with Crippen LogP contribution in [0.25, 0.3) is 0 Å². The number of rotatable bonds is 0. The highest BCUT2D eigenvalue weighted by atomic mass is 14.9. The summed E-state index contributed by atoms with van der Waals surface area (Å²) in [6.07, 6.45) is 0.958. The molecule has 0 atom stereocenters. The van der Waals surface area contributed by atoms with Gasteiger partial charge in [0.05, 0.1) is 0 Å². The molecule has 1 saturated heterocycles. The SMILES string of the molecule is N=C1CCNC1. The van der Waals surface area contributed by atoms with E-state index in [4.69, 9.17) is 5.41 Å². The third kappa shape index (κ3) is 0.571. The fourth-order valence-electron chi connectivity index (χ4n) is 0.567. The van der Waals surface area contributed by atoms with Gasteiger partial charge in [-0.25, -0.2) is 0 Å². The predicted octanol–water partition coefficient (Wildman–Crippen LogP) is -0.000530. The Labute approximate surface area is 37.1 Å². The van der Waals surface area contributed by atoms with Crippen molar-refractivity contribution >= 4 is 5.71 Å². The van der Waals surface area contributed by atoms with Crippen LogP contribution in [0.1, 0.15) is 6.42 Å².